The largest absolute Gasteiger partial charge is 0.456 e. The molecular formula is C17H16F2N2O3. The normalized spacial score (nSPS) is 14.8. The minimum Gasteiger partial charge on any atom is -0.456 e. The summed E-state index contributed by atoms with van der Waals surface area (Å²) in [5.74, 6) is -1.71. The molecule has 0 aliphatic carbocycles. The van der Waals surface area contributed by atoms with Crippen molar-refractivity contribution < 1.29 is 22.8 Å². The molecule has 1 aromatic carbocycles. The highest BCUT2D eigenvalue weighted by Gasteiger charge is 2.27. The smallest absolute Gasteiger partial charge is 0.289 e. The number of aryl methyl sites for hydroxylation is 1. The van der Waals surface area contributed by atoms with Crippen LogP contribution in [0.2, 0.25) is 0 Å². The zero-order valence-corrected chi connectivity index (χ0v) is 13.1. The van der Waals surface area contributed by atoms with E-state index in [0.29, 0.717) is 31.9 Å². The Morgan fingerprint density at radius 1 is 0.917 bits per heavy atom. The maximum atomic E-state index is 13.3. The molecule has 0 unspecified atom stereocenters. The number of amides is 2. The van der Waals surface area contributed by atoms with Crippen LogP contribution in [-0.2, 0) is 0 Å². The van der Waals surface area contributed by atoms with E-state index in [1.807, 2.05) is 0 Å². The van der Waals surface area contributed by atoms with Gasteiger partial charge in [-0.2, -0.15) is 0 Å². The molecule has 0 radical (unpaired) electrons. The number of carbonyl (C=O) groups excluding carboxylic acids is 2. The fraction of sp³-hybridized carbons (Fsp3) is 0.294. The molecule has 1 fully saturated rings. The standard InChI is InChI=1S/C17H16F2N2O3/c1-11-2-5-15(24-11)17(23)21-8-6-20(7-9-21)16(22)12-3-4-13(18)14(19)10-12/h2-5,10H,6-9H2,1H3. The van der Waals surface area contributed by atoms with Crippen LogP contribution in [0.1, 0.15) is 26.7 Å². The number of carbonyl (C=O) groups is 2. The van der Waals surface area contributed by atoms with Gasteiger partial charge in [-0.1, -0.05) is 0 Å². The van der Waals surface area contributed by atoms with Crippen LogP contribution in [0.4, 0.5) is 8.78 Å². The van der Waals surface area contributed by atoms with Crippen molar-refractivity contribution in [1.82, 2.24) is 9.80 Å². The number of rotatable bonds is 2. The molecule has 0 bridgehead atoms. The third-order valence-corrected chi connectivity index (χ3v) is 3.97. The summed E-state index contributed by atoms with van der Waals surface area (Å²) >= 11 is 0. The summed E-state index contributed by atoms with van der Waals surface area (Å²) in [6.45, 7) is 3.11. The van der Waals surface area contributed by atoms with Crippen LogP contribution in [0.3, 0.4) is 0 Å². The number of piperazine rings is 1. The van der Waals surface area contributed by atoms with E-state index in [0.717, 1.165) is 12.1 Å². The highest BCUT2D eigenvalue weighted by molar-refractivity contribution is 5.95. The number of furan rings is 1. The molecule has 126 valence electrons. The number of hydrogen-bond donors (Lipinski definition) is 0. The van der Waals surface area contributed by atoms with Crippen LogP contribution >= 0.6 is 0 Å². The van der Waals surface area contributed by atoms with E-state index in [2.05, 4.69) is 0 Å². The Labute approximate surface area is 137 Å². The molecular weight excluding hydrogens is 318 g/mol. The molecule has 2 heterocycles. The maximum Gasteiger partial charge on any atom is 0.289 e. The van der Waals surface area contributed by atoms with Gasteiger partial charge in [0.1, 0.15) is 5.76 Å². The minimum absolute atomic E-state index is 0.0929. The Balaban J connectivity index is 1.63. The average molecular weight is 334 g/mol. The predicted molar refractivity (Wildman–Crippen MR) is 81.6 cm³/mol. The second-order valence-corrected chi connectivity index (χ2v) is 5.62. The van der Waals surface area contributed by atoms with Crippen LogP contribution in [0.15, 0.2) is 34.7 Å². The van der Waals surface area contributed by atoms with Crippen LogP contribution in [0.5, 0.6) is 0 Å². The van der Waals surface area contributed by atoms with E-state index in [9.17, 15) is 18.4 Å². The van der Waals surface area contributed by atoms with Crippen LogP contribution in [-0.4, -0.2) is 47.8 Å². The SMILES string of the molecule is Cc1ccc(C(=O)N2CCN(C(=O)c3ccc(F)c(F)c3)CC2)o1. The first-order chi connectivity index (χ1) is 11.5. The van der Waals surface area contributed by atoms with Gasteiger partial charge in [-0.25, -0.2) is 8.78 Å². The Bertz CT molecular complexity index is 780. The van der Waals surface area contributed by atoms with E-state index in [1.165, 1.54) is 11.0 Å². The molecule has 1 saturated heterocycles. The molecule has 0 spiro atoms. The van der Waals surface area contributed by atoms with Gasteiger partial charge in [0.25, 0.3) is 11.8 Å². The monoisotopic (exact) mass is 334 g/mol. The third kappa shape index (κ3) is 3.15. The van der Waals surface area contributed by atoms with Gasteiger partial charge in [-0.05, 0) is 37.3 Å². The second-order valence-electron chi connectivity index (χ2n) is 5.62. The van der Waals surface area contributed by atoms with Gasteiger partial charge in [0, 0.05) is 31.7 Å². The summed E-state index contributed by atoms with van der Waals surface area (Å²) in [4.78, 5) is 27.7. The summed E-state index contributed by atoms with van der Waals surface area (Å²) < 4.78 is 31.5. The zero-order chi connectivity index (χ0) is 17.3. The summed E-state index contributed by atoms with van der Waals surface area (Å²) in [5.41, 5.74) is 0.0929. The lowest BCUT2D eigenvalue weighted by atomic mass is 10.1. The van der Waals surface area contributed by atoms with Gasteiger partial charge in [0.05, 0.1) is 0 Å². The molecule has 0 saturated carbocycles. The zero-order valence-electron chi connectivity index (χ0n) is 13.1. The molecule has 2 amide bonds. The van der Waals surface area contributed by atoms with E-state index < -0.39 is 11.6 Å². The second kappa shape index (κ2) is 6.43. The molecule has 1 aliphatic heterocycles. The Morgan fingerprint density at radius 3 is 2.08 bits per heavy atom. The molecule has 1 aliphatic rings. The van der Waals surface area contributed by atoms with E-state index in [-0.39, 0.29) is 23.1 Å². The molecule has 7 heteroatoms. The molecule has 0 atom stereocenters. The highest BCUT2D eigenvalue weighted by Crippen LogP contribution is 2.15. The molecule has 5 nitrogen and oxygen atoms in total. The van der Waals surface area contributed by atoms with E-state index in [1.54, 1.807) is 24.0 Å². The van der Waals surface area contributed by atoms with E-state index in [4.69, 9.17) is 4.42 Å². The number of nitrogens with zero attached hydrogens (tertiary/aromatic N) is 2. The fourth-order valence-corrected chi connectivity index (χ4v) is 2.63. The van der Waals surface area contributed by atoms with Crippen molar-refractivity contribution >= 4 is 11.8 Å². The van der Waals surface area contributed by atoms with Gasteiger partial charge in [-0.15, -0.1) is 0 Å². The number of benzene rings is 1. The molecule has 3 rings (SSSR count). The quantitative estimate of drug-likeness (QED) is 0.848. The van der Waals surface area contributed by atoms with Gasteiger partial charge in [-0.3, -0.25) is 9.59 Å². The van der Waals surface area contributed by atoms with Crippen molar-refractivity contribution in [1.29, 1.82) is 0 Å². The third-order valence-electron chi connectivity index (χ3n) is 3.97. The summed E-state index contributed by atoms with van der Waals surface area (Å²) in [6, 6.07) is 6.42. The Morgan fingerprint density at radius 2 is 1.54 bits per heavy atom. The Hall–Kier alpha value is -2.70. The van der Waals surface area contributed by atoms with Crippen molar-refractivity contribution in [2.45, 2.75) is 6.92 Å². The lowest BCUT2D eigenvalue weighted by molar-refractivity contribution is 0.0517. The fourth-order valence-electron chi connectivity index (χ4n) is 2.63. The van der Waals surface area contributed by atoms with Gasteiger partial charge in [0.2, 0.25) is 0 Å². The number of halogens is 2. The topological polar surface area (TPSA) is 53.8 Å². The summed E-state index contributed by atoms with van der Waals surface area (Å²) in [6.07, 6.45) is 0. The summed E-state index contributed by atoms with van der Waals surface area (Å²) in [5, 5.41) is 0. The van der Waals surface area contributed by atoms with Crippen molar-refractivity contribution in [2.75, 3.05) is 26.2 Å². The lowest BCUT2D eigenvalue weighted by Crippen LogP contribution is -2.50. The van der Waals surface area contributed by atoms with Crippen molar-refractivity contribution in [3.63, 3.8) is 0 Å². The van der Waals surface area contributed by atoms with Crippen molar-refractivity contribution in [3.05, 3.63) is 59.1 Å². The van der Waals surface area contributed by atoms with Crippen LogP contribution in [0, 0.1) is 18.6 Å². The van der Waals surface area contributed by atoms with Gasteiger partial charge in [0.15, 0.2) is 17.4 Å². The molecule has 24 heavy (non-hydrogen) atoms. The van der Waals surface area contributed by atoms with Crippen LogP contribution < -0.4 is 0 Å². The van der Waals surface area contributed by atoms with Gasteiger partial charge < -0.3 is 14.2 Å². The average Bonchev–Trinajstić information content (AvgIpc) is 3.02. The lowest BCUT2D eigenvalue weighted by Gasteiger charge is -2.34. The first kappa shape index (κ1) is 16.2. The predicted octanol–water partition coefficient (Wildman–Crippen LogP) is 2.46. The first-order valence-corrected chi connectivity index (χ1v) is 7.56. The molecule has 0 N–H and O–H groups in total. The first-order valence-electron chi connectivity index (χ1n) is 7.56. The minimum atomic E-state index is -1.05. The summed E-state index contributed by atoms with van der Waals surface area (Å²) in [7, 11) is 0. The highest BCUT2D eigenvalue weighted by atomic mass is 19.2. The molecule has 2 aromatic rings. The van der Waals surface area contributed by atoms with Crippen LogP contribution in [0.25, 0.3) is 0 Å². The Kier molecular flexibility index (Phi) is 4.33. The number of hydrogen-bond acceptors (Lipinski definition) is 3. The molecule has 1 aromatic heterocycles. The van der Waals surface area contributed by atoms with Crippen molar-refractivity contribution in [2.24, 2.45) is 0 Å². The maximum absolute atomic E-state index is 13.3. The van der Waals surface area contributed by atoms with E-state index >= 15 is 0 Å². The van der Waals surface area contributed by atoms with Crippen molar-refractivity contribution in [3.8, 4) is 0 Å². The van der Waals surface area contributed by atoms with Gasteiger partial charge >= 0.3 is 0 Å².